The number of hydrazine groups is 1. The highest BCUT2D eigenvalue weighted by atomic mass is 32.1. The lowest BCUT2D eigenvalue weighted by molar-refractivity contribution is 0.0106. The maximum Gasteiger partial charge on any atom is 0.148 e. The van der Waals surface area contributed by atoms with E-state index in [0.717, 1.165) is 29.8 Å². The summed E-state index contributed by atoms with van der Waals surface area (Å²) in [7, 11) is 0. The Morgan fingerprint density at radius 2 is 2.32 bits per heavy atom. The van der Waals surface area contributed by atoms with Crippen LogP contribution in [0.1, 0.15) is 31.9 Å². The summed E-state index contributed by atoms with van der Waals surface area (Å²) < 4.78 is 3.98. The molecule has 1 aromatic rings. The Kier molecular flexibility index (Phi) is 3.97. The minimum absolute atomic E-state index is 0.571. The molecule has 2 aliphatic heterocycles. The zero-order valence-electron chi connectivity index (χ0n) is 11.4. The number of nitrogens with two attached hydrogens (primary N) is 1. The van der Waals surface area contributed by atoms with Crippen LogP contribution in [0.25, 0.3) is 0 Å². The van der Waals surface area contributed by atoms with Gasteiger partial charge in [-0.05, 0) is 26.3 Å². The lowest BCUT2D eigenvalue weighted by Gasteiger charge is -2.47. The highest BCUT2D eigenvalue weighted by Gasteiger charge is 2.33. The molecule has 0 aliphatic carbocycles. The molecule has 1 aromatic heterocycles. The van der Waals surface area contributed by atoms with Crippen molar-refractivity contribution in [2.75, 3.05) is 25.1 Å². The van der Waals surface area contributed by atoms with E-state index in [9.17, 15) is 0 Å². The van der Waals surface area contributed by atoms with Crippen LogP contribution in [0.2, 0.25) is 0 Å². The number of piperidine rings is 1. The van der Waals surface area contributed by atoms with Crippen molar-refractivity contribution < 1.29 is 0 Å². The van der Waals surface area contributed by atoms with E-state index in [2.05, 4.69) is 31.7 Å². The number of hydrogen-bond donors (Lipinski definition) is 2. The van der Waals surface area contributed by atoms with Crippen molar-refractivity contribution in [3.63, 3.8) is 0 Å². The van der Waals surface area contributed by atoms with Crippen LogP contribution in [0.3, 0.4) is 0 Å². The maximum atomic E-state index is 5.49. The van der Waals surface area contributed by atoms with E-state index in [0.29, 0.717) is 6.04 Å². The Morgan fingerprint density at radius 3 is 3.16 bits per heavy atom. The molecular formula is C12H22N6S. The van der Waals surface area contributed by atoms with Crippen molar-refractivity contribution in [3.05, 3.63) is 5.69 Å². The van der Waals surface area contributed by atoms with E-state index in [4.69, 9.17) is 5.84 Å². The first kappa shape index (κ1) is 13.2. The quantitative estimate of drug-likeness (QED) is 0.633. The fourth-order valence-electron chi connectivity index (χ4n) is 3.25. The number of aromatic nitrogens is 2. The summed E-state index contributed by atoms with van der Waals surface area (Å²) in [5.41, 5.74) is 3.67. The van der Waals surface area contributed by atoms with Gasteiger partial charge < -0.3 is 5.43 Å². The van der Waals surface area contributed by atoms with Crippen molar-refractivity contribution in [3.8, 4) is 0 Å². The number of fused-ring (bicyclic) bond motifs is 1. The Hall–Kier alpha value is -0.760. The minimum atomic E-state index is 0.571. The van der Waals surface area contributed by atoms with Crippen LogP contribution in [0.15, 0.2) is 0 Å². The molecule has 7 heteroatoms. The monoisotopic (exact) mass is 282 g/mol. The van der Waals surface area contributed by atoms with Crippen molar-refractivity contribution >= 4 is 16.5 Å². The number of nitrogens with zero attached hydrogens (tertiary/aromatic N) is 4. The van der Waals surface area contributed by atoms with Crippen LogP contribution in [0, 0.1) is 0 Å². The normalized spacial score (nSPS) is 29.2. The number of hydrogen-bond acceptors (Lipinski definition) is 7. The molecule has 106 valence electrons. The van der Waals surface area contributed by atoms with Crippen LogP contribution in [0.5, 0.6) is 0 Å². The van der Waals surface area contributed by atoms with Gasteiger partial charge in [0.1, 0.15) is 10.7 Å². The summed E-state index contributed by atoms with van der Waals surface area (Å²) in [6, 6.07) is 1.30. The van der Waals surface area contributed by atoms with Gasteiger partial charge in [0, 0.05) is 43.3 Å². The highest BCUT2D eigenvalue weighted by Crippen LogP contribution is 2.26. The molecule has 2 unspecified atom stereocenters. The number of piperazine rings is 1. The fourth-order valence-corrected chi connectivity index (χ4v) is 3.73. The predicted molar refractivity (Wildman–Crippen MR) is 76.8 cm³/mol. The first-order valence-electron chi connectivity index (χ1n) is 7.04. The van der Waals surface area contributed by atoms with E-state index in [1.54, 1.807) is 0 Å². The first-order chi connectivity index (χ1) is 9.28. The molecule has 2 fully saturated rings. The van der Waals surface area contributed by atoms with Crippen molar-refractivity contribution in [2.45, 2.75) is 44.8 Å². The number of nitrogen functional groups attached to an aromatic ring is 1. The van der Waals surface area contributed by atoms with Gasteiger partial charge in [0.25, 0.3) is 0 Å². The second-order valence-electron chi connectivity index (χ2n) is 5.62. The van der Waals surface area contributed by atoms with E-state index in [-0.39, 0.29) is 0 Å². The molecule has 3 heterocycles. The number of nitrogens with one attached hydrogen (secondary N) is 1. The van der Waals surface area contributed by atoms with Crippen LogP contribution < -0.4 is 11.3 Å². The van der Waals surface area contributed by atoms with Crippen molar-refractivity contribution in [1.82, 2.24) is 19.4 Å². The zero-order valence-corrected chi connectivity index (χ0v) is 12.2. The van der Waals surface area contributed by atoms with Gasteiger partial charge in [0.15, 0.2) is 0 Å². The summed E-state index contributed by atoms with van der Waals surface area (Å²) in [6.07, 6.45) is 4.07. The fraction of sp³-hybridized carbons (Fsp3) is 0.833. The Balaban J connectivity index is 1.67. The zero-order chi connectivity index (χ0) is 13.2. The average molecular weight is 282 g/mol. The molecule has 0 amide bonds. The largest absolute Gasteiger partial charge is 0.313 e. The predicted octanol–water partition coefficient (Wildman–Crippen LogP) is 0.882. The standard InChI is InChI=1S/C12H22N6S/c1-9-6-17-5-3-2-4-10(17)7-18(9)8-11-12(14-13)19-16-15-11/h9-10,14H,2-8,13H2,1H3. The molecule has 0 radical (unpaired) electrons. The van der Waals surface area contributed by atoms with E-state index in [1.165, 1.54) is 43.9 Å². The van der Waals surface area contributed by atoms with Gasteiger partial charge in [0.2, 0.25) is 0 Å². The smallest absolute Gasteiger partial charge is 0.148 e. The molecule has 2 aliphatic rings. The number of anilines is 1. The average Bonchev–Trinajstić information content (AvgIpc) is 2.87. The van der Waals surface area contributed by atoms with E-state index in [1.807, 2.05) is 0 Å². The van der Waals surface area contributed by atoms with Crippen LogP contribution >= 0.6 is 11.5 Å². The molecular weight excluding hydrogens is 260 g/mol. The summed E-state index contributed by atoms with van der Waals surface area (Å²) in [6.45, 7) is 6.74. The van der Waals surface area contributed by atoms with Gasteiger partial charge in [0.05, 0.1) is 0 Å². The van der Waals surface area contributed by atoms with Crippen LogP contribution in [-0.4, -0.2) is 51.1 Å². The van der Waals surface area contributed by atoms with Crippen LogP contribution in [0.4, 0.5) is 5.00 Å². The molecule has 0 aromatic carbocycles. The summed E-state index contributed by atoms with van der Waals surface area (Å²) in [4.78, 5) is 5.18. The topological polar surface area (TPSA) is 70.3 Å². The van der Waals surface area contributed by atoms with Gasteiger partial charge >= 0.3 is 0 Å². The highest BCUT2D eigenvalue weighted by molar-refractivity contribution is 7.10. The lowest BCUT2D eigenvalue weighted by Crippen LogP contribution is -2.58. The summed E-state index contributed by atoms with van der Waals surface area (Å²) in [5.74, 6) is 5.49. The molecule has 2 atom stereocenters. The van der Waals surface area contributed by atoms with Crippen LogP contribution in [-0.2, 0) is 6.54 Å². The van der Waals surface area contributed by atoms with Gasteiger partial charge in [-0.1, -0.05) is 10.9 Å². The molecule has 6 nitrogen and oxygen atoms in total. The third kappa shape index (κ3) is 2.74. The first-order valence-corrected chi connectivity index (χ1v) is 7.81. The summed E-state index contributed by atoms with van der Waals surface area (Å²) >= 11 is 1.33. The SMILES string of the molecule is CC1CN2CCCCC2CN1Cc1nnsc1NN. The Labute approximate surface area is 118 Å². The molecule has 0 spiro atoms. The molecule has 0 saturated carbocycles. The molecule has 0 bridgehead atoms. The maximum absolute atomic E-state index is 5.49. The number of rotatable bonds is 3. The molecule has 3 rings (SSSR count). The Morgan fingerprint density at radius 1 is 1.42 bits per heavy atom. The van der Waals surface area contributed by atoms with Gasteiger partial charge in [-0.2, -0.15) is 0 Å². The lowest BCUT2D eigenvalue weighted by atomic mass is 9.97. The molecule has 2 saturated heterocycles. The Bertz CT molecular complexity index is 422. The van der Waals surface area contributed by atoms with E-state index >= 15 is 0 Å². The second kappa shape index (κ2) is 5.70. The molecule has 19 heavy (non-hydrogen) atoms. The minimum Gasteiger partial charge on any atom is -0.313 e. The second-order valence-corrected chi connectivity index (χ2v) is 6.37. The van der Waals surface area contributed by atoms with Crippen molar-refractivity contribution in [1.29, 1.82) is 0 Å². The van der Waals surface area contributed by atoms with Crippen molar-refractivity contribution in [2.24, 2.45) is 5.84 Å². The van der Waals surface area contributed by atoms with E-state index < -0.39 is 0 Å². The molecule has 3 N–H and O–H groups in total. The van der Waals surface area contributed by atoms with Gasteiger partial charge in [-0.15, -0.1) is 5.10 Å². The summed E-state index contributed by atoms with van der Waals surface area (Å²) in [5, 5.41) is 5.08. The van der Waals surface area contributed by atoms with Gasteiger partial charge in [-0.25, -0.2) is 5.84 Å². The third-order valence-electron chi connectivity index (χ3n) is 4.36. The van der Waals surface area contributed by atoms with Gasteiger partial charge in [-0.3, -0.25) is 9.80 Å². The third-order valence-corrected chi connectivity index (χ3v) is 5.06.